The topological polar surface area (TPSA) is 78.9 Å². The van der Waals surface area contributed by atoms with Crippen LogP contribution in [0.25, 0.3) is 0 Å². The number of carbonyl (C=O) groups excluding carboxylic acids is 3. The van der Waals surface area contributed by atoms with Crippen LogP contribution in [-0.2, 0) is 28.6 Å². The van der Waals surface area contributed by atoms with Gasteiger partial charge in [-0.15, -0.1) is 0 Å². The minimum absolute atomic E-state index is 0.115. The summed E-state index contributed by atoms with van der Waals surface area (Å²) in [6, 6.07) is 0. The van der Waals surface area contributed by atoms with Gasteiger partial charge in [0, 0.05) is 19.3 Å². The summed E-state index contributed by atoms with van der Waals surface area (Å²) in [5.74, 6) is -1.04. The molecule has 0 rings (SSSR count). The number of unbranched alkanes of at least 4 members (excludes halogenated alkanes) is 17. The maximum Gasteiger partial charge on any atom is 0.306 e. The van der Waals surface area contributed by atoms with Crippen LogP contribution in [0, 0.1) is 0 Å². The quantitative estimate of drug-likeness (QED) is 0.0263. The number of ether oxygens (including phenoxy) is 3. The molecule has 1 atom stereocenters. The molecule has 0 aliphatic rings. The van der Waals surface area contributed by atoms with Crippen LogP contribution in [0.15, 0.2) is 97.2 Å². The van der Waals surface area contributed by atoms with Crippen molar-refractivity contribution in [2.75, 3.05) is 13.2 Å². The molecule has 6 heteroatoms. The van der Waals surface area contributed by atoms with E-state index in [1.54, 1.807) is 0 Å². The maximum absolute atomic E-state index is 12.8. The second kappa shape index (κ2) is 50.0. The molecule has 0 bridgehead atoms. The van der Waals surface area contributed by atoms with E-state index in [2.05, 4.69) is 118 Å². The van der Waals surface area contributed by atoms with Crippen LogP contribution in [0.4, 0.5) is 0 Å². The molecule has 1 unspecified atom stereocenters. The molecule has 0 aromatic heterocycles. The van der Waals surface area contributed by atoms with E-state index in [4.69, 9.17) is 14.2 Å². The third-order valence-electron chi connectivity index (χ3n) is 10.3. The van der Waals surface area contributed by atoms with Crippen LogP contribution in [0.5, 0.6) is 0 Å². The van der Waals surface area contributed by atoms with Crippen LogP contribution in [0.1, 0.15) is 220 Å². The van der Waals surface area contributed by atoms with E-state index in [0.717, 1.165) is 77.0 Å². The lowest BCUT2D eigenvalue weighted by Gasteiger charge is -2.18. The normalized spacial score (nSPS) is 12.9. The standard InChI is InChI=1S/C56H92O6/c1-4-7-10-13-16-19-22-24-26-28-30-32-34-37-40-43-46-49-55(58)61-52-53(51-60-54(57)48-45-42-39-36-21-18-15-12-9-6-3)62-56(59)50-47-44-41-38-35-33-31-29-27-25-23-20-17-14-11-8-5-2/h7,10,16,19,24-27,30-33,37-38,40-41,53H,4-6,8-9,11-15,17-18,20-23,28-29,34-36,39,42-52H2,1-3H3/b10-7-,19-16-,26-24-,27-25-,32-30-,33-31-,40-37-,41-38-. The van der Waals surface area contributed by atoms with Gasteiger partial charge in [0.1, 0.15) is 13.2 Å². The lowest BCUT2D eigenvalue weighted by Crippen LogP contribution is -2.30. The molecular formula is C56H92O6. The minimum atomic E-state index is -0.824. The maximum atomic E-state index is 12.8. The van der Waals surface area contributed by atoms with Gasteiger partial charge < -0.3 is 14.2 Å². The third-order valence-corrected chi connectivity index (χ3v) is 10.3. The van der Waals surface area contributed by atoms with E-state index >= 15 is 0 Å². The molecule has 0 saturated carbocycles. The largest absolute Gasteiger partial charge is 0.462 e. The van der Waals surface area contributed by atoms with Crippen molar-refractivity contribution in [2.24, 2.45) is 0 Å². The Bertz CT molecular complexity index is 1260. The first kappa shape index (κ1) is 58.3. The Morgan fingerprint density at radius 2 is 0.645 bits per heavy atom. The van der Waals surface area contributed by atoms with Crippen LogP contribution >= 0.6 is 0 Å². The average molecular weight is 861 g/mol. The van der Waals surface area contributed by atoms with Crippen LogP contribution in [-0.4, -0.2) is 37.2 Å². The molecule has 0 radical (unpaired) electrons. The highest BCUT2D eigenvalue weighted by Gasteiger charge is 2.19. The summed E-state index contributed by atoms with van der Waals surface area (Å²) >= 11 is 0. The van der Waals surface area contributed by atoms with Crippen molar-refractivity contribution in [1.29, 1.82) is 0 Å². The van der Waals surface area contributed by atoms with Gasteiger partial charge in [-0.05, 0) is 89.9 Å². The first-order chi connectivity index (χ1) is 30.5. The fraction of sp³-hybridized carbons (Fsp3) is 0.661. The zero-order chi connectivity index (χ0) is 45.1. The smallest absolute Gasteiger partial charge is 0.306 e. The molecule has 0 saturated heterocycles. The molecule has 0 N–H and O–H groups in total. The Morgan fingerprint density at radius 3 is 1.05 bits per heavy atom. The van der Waals surface area contributed by atoms with Crippen molar-refractivity contribution in [3.8, 4) is 0 Å². The zero-order valence-corrected chi connectivity index (χ0v) is 40.1. The molecular weight excluding hydrogens is 769 g/mol. The minimum Gasteiger partial charge on any atom is -0.462 e. The number of esters is 3. The second-order valence-corrected chi connectivity index (χ2v) is 16.3. The summed E-state index contributed by atoms with van der Waals surface area (Å²) in [7, 11) is 0. The number of hydrogen-bond donors (Lipinski definition) is 0. The molecule has 352 valence electrons. The third kappa shape index (κ3) is 47.4. The van der Waals surface area contributed by atoms with Crippen LogP contribution in [0.3, 0.4) is 0 Å². The van der Waals surface area contributed by atoms with Crippen molar-refractivity contribution in [3.05, 3.63) is 97.2 Å². The molecule has 0 aromatic carbocycles. The molecule has 0 spiro atoms. The number of rotatable bonds is 44. The number of allylic oxidation sites excluding steroid dienone is 16. The van der Waals surface area contributed by atoms with E-state index < -0.39 is 6.10 Å². The zero-order valence-electron chi connectivity index (χ0n) is 40.1. The number of hydrogen-bond acceptors (Lipinski definition) is 6. The summed E-state index contributed by atoms with van der Waals surface area (Å²) in [6.07, 6.45) is 65.5. The second-order valence-electron chi connectivity index (χ2n) is 16.3. The molecule has 6 nitrogen and oxygen atoms in total. The van der Waals surface area contributed by atoms with Crippen molar-refractivity contribution in [1.82, 2.24) is 0 Å². The van der Waals surface area contributed by atoms with Gasteiger partial charge in [0.2, 0.25) is 0 Å². The van der Waals surface area contributed by atoms with Gasteiger partial charge in [-0.3, -0.25) is 14.4 Å². The van der Waals surface area contributed by atoms with Crippen LogP contribution < -0.4 is 0 Å². The lowest BCUT2D eigenvalue weighted by atomic mass is 10.1. The fourth-order valence-corrected chi connectivity index (χ4v) is 6.55. The van der Waals surface area contributed by atoms with Crippen molar-refractivity contribution in [2.45, 2.75) is 226 Å². The first-order valence-electron chi connectivity index (χ1n) is 25.2. The first-order valence-corrected chi connectivity index (χ1v) is 25.2. The Balaban J connectivity index is 4.54. The molecule has 62 heavy (non-hydrogen) atoms. The fourth-order valence-electron chi connectivity index (χ4n) is 6.55. The van der Waals surface area contributed by atoms with Gasteiger partial charge in [0.05, 0.1) is 0 Å². The van der Waals surface area contributed by atoms with E-state index in [1.807, 2.05) is 0 Å². The van der Waals surface area contributed by atoms with Crippen LogP contribution in [0.2, 0.25) is 0 Å². The van der Waals surface area contributed by atoms with E-state index in [-0.39, 0.29) is 44.0 Å². The summed E-state index contributed by atoms with van der Waals surface area (Å²) in [6.45, 7) is 6.40. The SMILES string of the molecule is CC/C=C\C/C=C\C/C=C\C/C=C\C/C=C\CCCC(=O)OCC(COC(=O)CCCCCCCCCCCC)OC(=O)CCC/C=C\C/C=C\C/C=C\CCCCCCCC. The van der Waals surface area contributed by atoms with E-state index in [0.29, 0.717) is 19.3 Å². The molecule has 0 amide bonds. The summed E-state index contributed by atoms with van der Waals surface area (Å²) in [4.78, 5) is 37.8. The highest BCUT2D eigenvalue weighted by atomic mass is 16.6. The van der Waals surface area contributed by atoms with E-state index in [1.165, 1.54) is 89.9 Å². The predicted molar refractivity (Wildman–Crippen MR) is 265 cm³/mol. The van der Waals surface area contributed by atoms with Gasteiger partial charge in [-0.1, -0.05) is 208 Å². The number of carbonyl (C=O) groups is 3. The Hall–Kier alpha value is -3.67. The Labute approximate surface area is 381 Å². The Kier molecular flexibility index (Phi) is 47.0. The highest BCUT2D eigenvalue weighted by Crippen LogP contribution is 2.13. The van der Waals surface area contributed by atoms with Gasteiger partial charge in [0.15, 0.2) is 6.10 Å². The van der Waals surface area contributed by atoms with Crippen molar-refractivity contribution < 1.29 is 28.6 Å². The summed E-state index contributed by atoms with van der Waals surface area (Å²) < 4.78 is 16.7. The summed E-state index contributed by atoms with van der Waals surface area (Å²) in [5, 5.41) is 0. The monoisotopic (exact) mass is 861 g/mol. The lowest BCUT2D eigenvalue weighted by molar-refractivity contribution is -0.167. The summed E-state index contributed by atoms with van der Waals surface area (Å²) in [5.41, 5.74) is 0. The molecule has 0 fully saturated rings. The van der Waals surface area contributed by atoms with Crippen molar-refractivity contribution in [3.63, 3.8) is 0 Å². The van der Waals surface area contributed by atoms with Gasteiger partial charge in [0.25, 0.3) is 0 Å². The average Bonchev–Trinajstić information content (AvgIpc) is 3.27. The Morgan fingerprint density at radius 1 is 0.339 bits per heavy atom. The molecule has 0 aliphatic carbocycles. The van der Waals surface area contributed by atoms with Crippen molar-refractivity contribution >= 4 is 17.9 Å². The van der Waals surface area contributed by atoms with Gasteiger partial charge in [-0.25, -0.2) is 0 Å². The molecule has 0 aliphatic heterocycles. The predicted octanol–water partition coefficient (Wildman–Crippen LogP) is 16.6. The van der Waals surface area contributed by atoms with Gasteiger partial charge in [-0.2, -0.15) is 0 Å². The highest BCUT2D eigenvalue weighted by molar-refractivity contribution is 5.71. The molecule has 0 heterocycles. The molecule has 0 aromatic rings. The van der Waals surface area contributed by atoms with E-state index in [9.17, 15) is 14.4 Å². The van der Waals surface area contributed by atoms with Gasteiger partial charge >= 0.3 is 17.9 Å².